The zero-order valence-corrected chi connectivity index (χ0v) is 10.4. The molecule has 2 aliphatic rings. The molecule has 0 spiro atoms. The van der Waals surface area contributed by atoms with Crippen LogP contribution in [0.15, 0.2) is 0 Å². The number of amides is 2. The first-order valence-electron chi connectivity index (χ1n) is 4.85. The molecule has 2 fully saturated rings. The molecule has 0 unspecified atom stereocenters. The van der Waals surface area contributed by atoms with E-state index in [1.54, 1.807) is 28.5 Å². The number of carbonyl (C=O) groups excluding carboxylic acids is 3. The van der Waals surface area contributed by atoms with Crippen LogP contribution in [0, 0.1) is 5.41 Å². The highest BCUT2D eigenvalue weighted by Crippen LogP contribution is 2.43. The van der Waals surface area contributed by atoms with Crippen LogP contribution < -0.4 is 0 Å². The van der Waals surface area contributed by atoms with Crippen LogP contribution in [0.5, 0.6) is 0 Å². The lowest BCUT2D eigenvalue weighted by atomic mass is 9.97. The van der Waals surface area contributed by atoms with Crippen molar-refractivity contribution in [1.29, 1.82) is 0 Å². The fourth-order valence-corrected chi connectivity index (χ4v) is 4.67. The molecule has 0 atom stereocenters. The fourth-order valence-electron chi connectivity index (χ4n) is 1.35. The first-order valence-corrected chi connectivity index (χ1v) is 7.34. The molecular formula is C9H11NO4S2. The predicted molar refractivity (Wildman–Crippen MR) is 60.2 cm³/mol. The molecule has 2 aliphatic heterocycles. The summed E-state index contributed by atoms with van der Waals surface area (Å²) < 4.78 is 0. The van der Waals surface area contributed by atoms with Gasteiger partial charge in [-0.15, -0.1) is 5.06 Å². The maximum atomic E-state index is 11.8. The molecule has 0 bridgehead atoms. The second kappa shape index (κ2) is 4.29. The molecule has 0 aromatic rings. The van der Waals surface area contributed by atoms with Crippen molar-refractivity contribution in [3.63, 3.8) is 0 Å². The first-order chi connectivity index (χ1) is 7.53. The molecule has 2 rings (SSSR count). The van der Waals surface area contributed by atoms with Crippen LogP contribution in [-0.2, 0) is 19.2 Å². The van der Waals surface area contributed by atoms with Crippen LogP contribution in [0.3, 0.4) is 0 Å². The van der Waals surface area contributed by atoms with Gasteiger partial charge in [0.15, 0.2) is 0 Å². The molecule has 2 amide bonds. The molecule has 0 N–H and O–H groups in total. The Morgan fingerprint density at radius 1 is 1.25 bits per heavy atom. The van der Waals surface area contributed by atoms with Gasteiger partial charge in [0.1, 0.15) is 0 Å². The van der Waals surface area contributed by atoms with Gasteiger partial charge in [0.2, 0.25) is 0 Å². The van der Waals surface area contributed by atoms with E-state index in [2.05, 4.69) is 0 Å². The standard InChI is InChI=1S/C9H11NO4S2/c1-9(4-15-16-5-9)8(13)14-10-6(11)2-3-7(10)12/h2-5H2,1H3. The van der Waals surface area contributed by atoms with Gasteiger partial charge in [-0.2, -0.15) is 0 Å². The largest absolute Gasteiger partial charge is 0.340 e. The molecule has 5 nitrogen and oxygen atoms in total. The highest BCUT2D eigenvalue weighted by Gasteiger charge is 2.43. The maximum absolute atomic E-state index is 11.8. The van der Waals surface area contributed by atoms with Crippen LogP contribution >= 0.6 is 21.6 Å². The first kappa shape index (κ1) is 11.8. The lowest BCUT2D eigenvalue weighted by molar-refractivity contribution is -0.203. The topological polar surface area (TPSA) is 63.7 Å². The molecule has 0 aromatic heterocycles. The van der Waals surface area contributed by atoms with E-state index in [1.165, 1.54) is 0 Å². The molecule has 2 saturated heterocycles. The molecule has 2 heterocycles. The Balaban J connectivity index is 2.01. The van der Waals surface area contributed by atoms with Crippen molar-refractivity contribution in [2.75, 3.05) is 11.5 Å². The van der Waals surface area contributed by atoms with Crippen molar-refractivity contribution in [3.8, 4) is 0 Å². The third kappa shape index (κ3) is 2.06. The average Bonchev–Trinajstić information content (AvgIpc) is 2.80. The zero-order valence-electron chi connectivity index (χ0n) is 8.73. The van der Waals surface area contributed by atoms with Gasteiger partial charge in [-0.1, -0.05) is 21.6 Å². The molecule has 0 saturated carbocycles. The lowest BCUT2D eigenvalue weighted by Gasteiger charge is -2.21. The Kier molecular flexibility index (Phi) is 3.16. The Morgan fingerprint density at radius 3 is 2.25 bits per heavy atom. The predicted octanol–water partition coefficient (Wildman–Crippen LogP) is 0.995. The van der Waals surface area contributed by atoms with E-state index in [0.29, 0.717) is 16.6 Å². The van der Waals surface area contributed by atoms with Crippen LogP contribution in [0.2, 0.25) is 0 Å². The van der Waals surface area contributed by atoms with Crippen LogP contribution in [-0.4, -0.2) is 34.4 Å². The van der Waals surface area contributed by atoms with Crippen molar-refractivity contribution >= 4 is 39.4 Å². The number of hydrogen-bond donors (Lipinski definition) is 0. The monoisotopic (exact) mass is 261 g/mol. The number of hydrogen-bond acceptors (Lipinski definition) is 6. The van der Waals surface area contributed by atoms with E-state index in [-0.39, 0.29) is 12.8 Å². The van der Waals surface area contributed by atoms with Gasteiger partial charge in [-0.05, 0) is 6.92 Å². The minimum atomic E-state index is -0.599. The Morgan fingerprint density at radius 2 is 1.75 bits per heavy atom. The summed E-state index contributed by atoms with van der Waals surface area (Å²) in [5.74, 6) is -0.0616. The molecule has 16 heavy (non-hydrogen) atoms. The summed E-state index contributed by atoms with van der Waals surface area (Å²) in [5.41, 5.74) is -0.599. The van der Waals surface area contributed by atoms with Crippen molar-refractivity contribution in [3.05, 3.63) is 0 Å². The second-order valence-electron chi connectivity index (χ2n) is 4.05. The fraction of sp³-hybridized carbons (Fsp3) is 0.667. The van der Waals surface area contributed by atoms with Crippen LogP contribution in [0.25, 0.3) is 0 Å². The van der Waals surface area contributed by atoms with Gasteiger partial charge in [0, 0.05) is 24.3 Å². The van der Waals surface area contributed by atoms with Crippen molar-refractivity contribution in [2.24, 2.45) is 5.41 Å². The smallest absolute Gasteiger partial charge is 0.330 e. The Bertz CT molecular complexity index is 335. The normalized spacial score (nSPS) is 23.9. The van der Waals surface area contributed by atoms with Gasteiger partial charge in [0.25, 0.3) is 11.8 Å². The number of carbonyl (C=O) groups is 3. The maximum Gasteiger partial charge on any atom is 0.340 e. The number of hydroxylamine groups is 2. The quantitative estimate of drug-likeness (QED) is 0.546. The third-order valence-electron chi connectivity index (χ3n) is 2.51. The van der Waals surface area contributed by atoms with Gasteiger partial charge in [-0.3, -0.25) is 9.59 Å². The minimum Gasteiger partial charge on any atom is -0.330 e. The summed E-state index contributed by atoms with van der Waals surface area (Å²) in [7, 11) is 3.19. The summed E-state index contributed by atoms with van der Waals surface area (Å²) in [6.07, 6.45) is 0.263. The number of rotatable bonds is 2. The van der Waals surface area contributed by atoms with Crippen LogP contribution in [0.1, 0.15) is 19.8 Å². The number of nitrogens with zero attached hydrogens (tertiary/aromatic N) is 1. The average molecular weight is 261 g/mol. The van der Waals surface area contributed by atoms with Gasteiger partial charge < -0.3 is 4.84 Å². The molecule has 0 aromatic carbocycles. The second-order valence-corrected chi connectivity index (χ2v) is 6.51. The molecule has 0 aliphatic carbocycles. The molecule has 88 valence electrons. The summed E-state index contributed by atoms with van der Waals surface area (Å²) in [5, 5.41) is 0.612. The summed E-state index contributed by atoms with van der Waals surface area (Å²) in [6.45, 7) is 1.79. The van der Waals surface area contributed by atoms with Crippen molar-refractivity contribution < 1.29 is 19.2 Å². The van der Waals surface area contributed by atoms with Gasteiger partial charge in [0.05, 0.1) is 5.41 Å². The van der Waals surface area contributed by atoms with Crippen LogP contribution in [0.4, 0.5) is 0 Å². The van der Waals surface area contributed by atoms with E-state index in [9.17, 15) is 14.4 Å². The van der Waals surface area contributed by atoms with E-state index >= 15 is 0 Å². The van der Waals surface area contributed by atoms with E-state index < -0.39 is 23.2 Å². The van der Waals surface area contributed by atoms with Crippen molar-refractivity contribution in [1.82, 2.24) is 5.06 Å². The van der Waals surface area contributed by atoms with E-state index in [0.717, 1.165) is 0 Å². The third-order valence-corrected chi connectivity index (χ3v) is 5.39. The lowest BCUT2D eigenvalue weighted by Crippen LogP contribution is -2.40. The van der Waals surface area contributed by atoms with E-state index in [1.807, 2.05) is 0 Å². The van der Waals surface area contributed by atoms with Gasteiger partial charge in [-0.25, -0.2) is 4.79 Å². The summed E-state index contributed by atoms with van der Waals surface area (Å²) in [4.78, 5) is 39.2. The molecular weight excluding hydrogens is 250 g/mol. The Hall–Kier alpha value is -0.690. The van der Waals surface area contributed by atoms with Crippen molar-refractivity contribution in [2.45, 2.75) is 19.8 Å². The molecule has 0 radical (unpaired) electrons. The Labute approximate surface area is 101 Å². The summed E-state index contributed by atoms with van der Waals surface area (Å²) in [6, 6.07) is 0. The highest BCUT2D eigenvalue weighted by molar-refractivity contribution is 8.77. The van der Waals surface area contributed by atoms with Gasteiger partial charge >= 0.3 is 5.97 Å². The zero-order chi connectivity index (χ0) is 11.8. The number of imide groups is 1. The highest BCUT2D eigenvalue weighted by atomic mass is 33.1. The van der Waals surface area contributed by atoms with E-state index in [4.69, 9.17) is 4.84 Å². The SMILES string of the molecule is CC1(C(=O)ON2C(=O)CCC2=O)CSSC1. The summed E-state index contributed by atoms with van der Waals surface area (Å²) >= 11 is 0. The molecule has 7 heteroatoms. The minimum absolute atomic E-state index is 0.131.